The first-order valence-corrected chi connectivity index (χ1v) is 9.46. The molecular weight excluding hydrogens is 350 g/mol. The number of halogens is 1. The summed E-state index contributed by atoms with van der Waals surface area (Å²) in [5.41, 5.74) is -0.784. The lowest BCUT2D eigenvalue weighted by atomic mass is 9.87. The first-order valence-electron chi connectivity index (χ1n) is 9.46. The quantitative estimate of drug-likeness (QED) is 0.685. The molecule has 1 N–H and O–H groups in total. The fourth-order valence-corrected chi connectivity index (χ4v) is 3.52. The fourth-order valence-electron chi connectivity index (χ4n) is 3.52. The van der Waals surface area contributed by atoms with Crippen LogP contribution < -0.4 is 0 Å². The van der Waals surface area contributed by atoms with Crippen LogP contribution in [0.3, 0.4) is 0 Å². The lowest BCUT2D eigenvalue weighted by Crippen LogP contribution is -2.42. The summed E-state index contributed by atoms with van der Waals surface area (Å²) >= 11 is 0. The zero-order valence-corrected chi connectivity index (χ0v) is 17.3. The first kappa shape index (κ1) is 22.9. The molecule has 0 aromatic heterocycles. The average molecular weight is 384 g/mol. The summed E-state index contributed by atoms with van der Waals surface area (Å²) in [6.45, 7) is 10.7. The number of carbonyl (C=O) groups is 1. The number of carbonyl (C=O) groups excluding carboxylic acids is 1. The minimum absolute atomic E-state index is 0. The Morgan fingerprint density at radius 1 is 1.31 bits per heavy atom. The summed E-state index contributed by atoms with van der Waals surface area (Å²) in [5, 5.41) is 11.1. The van der Waals surface area contributed by atoms with Gasteiger partial charge in [0.25, 0.3) is 0 Å². The predicted molar refractivity (Wildman–Crippen MR) is 108 cm³/mol. The molecule has 1 aliphatic heterocycles. The van der Waals surface area contributed by atoms with E-state index in [2.05, 4.69) is 32.6 Å². The van der Waals surface area contributed by atoms with Crippen molar-refractivity contribution in [2.45, 2.75) is 64.5 Å². The molecule has 1 fully saturated rings. The maximum absolute atomic E-state index is 12.7. The van der Waals surface area contributed by atoms with Crippen molar-refractivity contribution in [1.82, 2.24) is 4.90 Å². The van der Waals surface area contributed by atoms with E-state index in [0.29, 0.717) is 31.1 Å². The Morgan fingerprint density at radius 2 is 1.96 bits per heavy atom. The Bertz CT molecular complexity index is 562. The van der Waals surface area contributed by atoms with E-state index in [1.165, 1.54) is 12.8 Å². The van der Waals surface area contributed by atoms with E-state index in [1.54, 1.807) is 12.1 Å². The number of hydrogen-bond donors (Lipinski definition) is 1. The van der Waals surface area contributed by atoms with E-state index in [0.717, 1.165) is 13.0 Å². The van der Waals surface area contributed by atoms with Crippen LogP contribution in [0.15, 0.2) is 30.3 Å². The van der Waals surface area contributed by atoms with Gasteiger partial charge in [-0.05, 0) is 57.6 Å². The van der Waals surface area contributed by atoms with Gasteiger partial charge in [0, 0.05) is 12.1 Å². The Balaban J connectivity index is 0.00000338. The molecule has 0 bridgehead atoms. The molecule has 1 unspecified atom stereocenters. The van der Waals surface area contributed by atoms with E-state index in [-0.39, 0.29) is 17.9 Å². The molecular formula is C21H34ClNO3. The van der Waals surface area contributed by atoms with Gasteiger partial charge in [-0.3, -0.25) is 4.90 Å². The van der Waals surface area contributed by atoms with Crippen LogP contribution in [0.4, 0.5) is 0 Å². The van der Waals surface area contributed by atoms with Gasteiger partial charge >= 0.3 is 5.97 Å². The number of benzene rings is 1. The van der Waals surface area contributed by atoms with Crippen LogP contribution in [-0.4, -0.2) is 41.2 Å². The van der Waals surface area contributed by atoms with Gasteiger partial charge in [0.05, 0.1) is 0 Å². The van der Waals surface area contributed by atoms with E-state index < -0.39 is 11.6 Å². The molecule has 1 aliphatic rings. The van der Waals surface area contributed by atoms with Crippen LogP contribution in [0, 0.1) is 5.92 Å². The second-order valence-corrected chi connectivity index (χ2v) is 8.20. The molecule has 5 heteroatoms. The Hall–Kier alpha value is -1.10. The second kappa shape index (κ2) is 9.72. The lowest BCUT2D eigenvalue weighted by Gasteiger charge is -2.32. The number of rotatable bonds is 8. The molecule has 0 spiro atoms. The highest BCUT2D eigenvalue weighted by Gasteiger charge is 2.39. The van der Waals surface area contributed by atoms with Crippen molar-refractivity contribution in [1.29, 1.82) is 0 Å². The number of esters is 1. The normalized spacial score (nSPS) is 19.0. The van der Waals surface area contributed by atoms with Gasteiger partial charge in [-0.15, -0.1) is 12.4 Å². The van der Waals surface area contributed by atoms with Gasteiger partial charge in [0.2, 0.25) is 0 Å². The van der Waals surface area contributed by atoms with E-state index in [9.17, 15) is 9.90 Å². The summed E-state index contributed by atoms with van der Waals surface area (Å²) in [6.07, 6.45) is 3.49. The third-order valence-electron chi connectivity index (χ3n) is 5.34. The highest BCUT2D eigenvalue weighted by atomic mass is 35.5. The molecule has 0 amide bonds. The standard InChI is InChI=1S/C21H33NO3.ClH/c1-17(2)11-13-21(24,18-9-6-5-7-10-18)19(23)25-16-15-22-14-8-12-20(22,3)4;/h5-7,9-10,17,24H,8,11-16H2,1-4H3;1H. The summed E-state index contributed by atoms with van der Waals surface area (Å²) in [4.78, 5) is 15.1. The molecule has 26 heavy (non-hydrogen) atoms. The molecule has 0 radical (unpaired) electrons. The molecule has 1 heterocycles. The van der Waals surface area contributed by atoms with Gasteiger partial charge in [-0.25, -0.2) is 4.79 Å². The van der Waals surface area contributed by atoms with Crippen molar-refractivity contribution in [3.63, 3.8) is 0 Å². The number of likely N-dealkylation sites (tertiary alicyclic amines) is 1. The van der Waals surface area contributed by atoms with Crippen molar-refractivity contribution in [3.8, 4) is 0 Å². The first-order chi connectivity index (χ1) is 11.8. The Morgan fingerprint density at radius 3 is 2.50 bits per heavy atom. The summed E-state index contributed by atoms with van der Waals surface area (Å²) in [6, 6.07) is 9.16. The van der Waals surface area contributed by atoms with Crippen molar-refractivity contribution < 1.29 is 14.6 Å². The summed E-state index contributed by atoms with van der Waals surface area (Å²) in [5.74, 6) is -0.121. The molecule has 2 rings (SSSR count). The largest absolute Gasteiger partial charge is 0.462 e. The van der Waals surface area contributed by atoms with Crippen molar-refractivity contribution >= 4 is 18.4 Å². The van der Waals surface area contributed by atoms with Crippen molar-refractivity contribution in [3.05, 3.63) is 35.9 Å². The van der Waals surface area contributed by atoms with Crippen LogP contribution >= 0.6 is 12.4 Å². The molecule has 1 aromatic carbocycles. The number of ether oxygens (including phenoxy) is 1. The molecule has 4 nitrogen and oxygen atoms in total. The highest BCUT2D eigenvalue weighted by Crippen LogP contribution is 2.30. The summed E-state index contributed by atoms with van der Waals surface area (Å²) in [7, 11) is 0. The van der Waals surface area contributed by atoms with Gasteiger partial charge < -0.3 is 9.84 Å². The smallest absolute Gasteiger partial charge is 0.342 e. The fraction of sp³-hybridized carbons (Fsp3) is 0.667. The lowest BCUT2D eigenvalue weighted by molar-refractivity contribution is -0.168. The molecule has 1 saturated heterocycles. The molecule has 0 aliphatic carbocycles. The maximum Gasteiger partial charge on any atom is 0.342 e. The minimum Gasteiger partial charge on any atom is -0.462 e. The zero-order valence-electron chi connectivity index (χ0n) is 16.5. The van der Waals surface area contributed by atoms with Gasteiger partial charge in [-0.1, -0.05) is 44.2 Å². The van der Waals surface area contributed by atoms with Crippen LogP contribution in [-0.2, 0) is 15.1 Å². The summed E-state index contributed by atoms with van der Waals surface area (Å²) < 4.78 is 5.52. The van der Waals surface area contributed by atoms with Gasteiger partial charge in [-0.2, -0.15) is 0 Å². The maximum atomic E-state index is 12.7. The molecule has 0 saturated carbocycles. The van der Waals surface area contributed by atoms with Crippen LogP contribution in [0.5, 0.6) is 0 Å². The molecule has 148 valence electrons. The Kier molecular flexibility index (Phi) is 8.58. The average Bonchev–Trinajstić information content (AvgIpc) is 2.92. The van der Waals surface area contributed by atoms with Gasteiger partial charge in [0.15, 0.2) is 5.60 Å². The number of aliphatic hydroxyl groups is 1. The van der Waals surface area contributed by atoms with E-state index in [4.69, 9.17) is 4.74 Å². The Labute approximate surface area is 164 Å². The SMILES string of the molecule is CC(C)CCC(O)(C(=O)OCCN1CCCC1(C)C)c1ccccc1.Cl. The topological polar surface area (TPSA) is 49.8 Å². The highest BCUT2D eigenvalue weighted by molar-refractivity contribution is 5.85. The van der Waals surface area contributed by atoms with E-state index >= 15 is 0 Å². The third-order valence-corrected chi connectivity index (χ3v) is 5.34. The monoisotopic (exact) mass is 383 g/mol. The van der Waals surface area contributed by atoms with Crippen molar-refractivity contribution in [2.75, 3.05) is 19.7 Å². The predicted octanol–water partition coefficient (Wildman–Crippen LogP) is 4.15. The third kappa shape index (κ3) is 5.70. The van der Waals surface area contributed by atoms with Gasteiger partial charge in [0.1, 0.15) is 6.61 Å². The van der Waals surface area contributed by atoms with Crippen molar-refractivity contribution in [2.24, 2.45) is 5.92 Å². The zero-order chi connectivity index (χ0) is 18.5. The minimum atomic E-state index is -1.56. The molecule has 1 aromatic rings. The molecule has 1 atom stereocenters. The van der Waals surface area contributed by atoms with E-state index in [1.807, 2.05) is 18.2 Å². The van der Waals surface area contributed by atoms with Crippen LogP contribution in [0.2, 0.25) is 0 Å². The van der Waals surface area contributed by atoms with Crippen LogP contribution in [0.1, 0.15) is 58.9 Å². The number of hydrogen-bond acceptors (Lipinski definition) is 4. The second-order valence-electron chi connectivity index (χ2n) is 8.20. The number of nitrogens with zero attached hydrogens (tertiary/aromatic N) is 1. The van der Waals surface area contributed by atoms with Crippen LogP contribution in [0.25, 0.3) is 0 Å².